The average Bonchev–Trinajstić information content (AvgIpc) is 2.72. The van der Waals surface area contributed by atoms with Gasteiger partial charge in [0.15, 0.2) is 5.96 Å². The summed E-state index contributed by atoms with van der Waals surface area (Å²) in [5.41, 5.74) is 4.14. The molecule has 0 saturated carbocycles. The first-order valence-corrected chi connectivity index (χ1v) is 9.63. The summed E-state index contributed by atoms with van der Waals surface area (Å²) in [4.78, 5) is 18.5. The highest BCUT2D eigenvalue weighted by atomic mass is 127. The van der Waals surface area contributed by atoms with Crippen LogP contribution < -0.4 is 20.9 Å². The van der Waals surface area contributed by atoms with E-state index in [0.717, 1.165) is 31.0 Å². The van der Waals surface area contributed by atoms with E-state index in [4.69, 9.17) is 0 Å². The third kappa shape index (κ3) is 8.31. The van der Waals surface area contributed by atoms with E-state index in [2.05, 4.69) is 57.0 Å². The van der Waals surface area contributed by atoms with Crippen LogP contribution in [0.4, 0.5) is 5.69 Å². The van der Waals surface area contributed by atoms with E-state index in [1.54, 1.807) is 7.05 Å². The van der Waals surface area contributed by atoms with Gasteiger partial charge in [0.25, 0.3) is 5.91 Å². The zero-order valence-electron chi connectivity index (χ0n) is 17.7. The number of nitrogens with zero attached hydrogens (tertiary/aromatic N) is 2. The number of carbonyl (C=O) groups excluding carboxylic acids is 1. The molecule has 2 rings (SSSR count). The van der Waals surface area contributed by atoms with Gasteiger partial charge >= 0.3 is 0 Å². The van der Waals surface area contributed by atoms with Gasteiger partial charge in [-0.2, -0.15) is 0 Å². The highest BCUT2D eigenvalue weighted by Gasteiger charge is 2.04. The minimum absolute atomic E-state index is 0. The van der Waals surface area contributed by atoms with Gasteiger partial charge in [-0.05, 0) is 48.7 Å². The van der Waals surface area contributed by atoms with E-state index in [-0.39, 0.29) is 29.9 Å². The maximum atomic E-state index is 11.8. The van der Waals surface area contributed by atoms with Gasteiger partial charge in [0.1, 0.15) is 0 Å². The zero-order chi connectivity index (χ0) is 20.4. The number of carbonyl (C=O) groups is 1. The Kier molecular flexibility index (Phi) is 11.1. The molecule has 2 aromatic rings. The van der Waals surface area contributed by atoms with Crippen molar-refractivity contribution in [2.45, 2.75) is 19.9 Å². The summed E-state index contributed by atoms with van der Waals surface area (Å²) in [6.07, 6.45) is 0.812. The van der Waals surface area contributed by atoms with Crippen LogP contribution in [0.25, 0.3) is 0 Å². The highest BCUT2D eigenvalue weighted by Crippen LogP contribution is 2.12. The molecule has 0 aromatic heterocycles. The lowest BCUT2D eigenvalue weighted by Crippen LogP contribution is -2.38. The molecular formula is C22H32IN5O. The number of nitrogens with one attached hydrogen (secondary N) is 3. The van der Waals surface area contributed by atoms with Gasteiger partial charge < -0.3 is 20.9 Å². The Morgan fingerprint density at radius 2 is 1.76 bits per heavy atom. The Bertz CT molecular complexity index is 790. The molecular weight excluding hydrogens is 477 g/mol. The fourth-order valence-electron chi connectivity index (χ4n) is 2.75. The van der Waals surface area contributed by atoms with Gasteiger partial charge in [0.2, 0.25) is 0 Å². The molecule has 2 aromatic carbocycles. The van der Waals surface area contributed by atoms with Crippen LogP contribution in [0, 0.1) is 0 Å². The number of rotatable bonds is 8. The Morgan fingerprint density at radius 1 is 1.03 bits per heavy atom. The summed E-state index contributed by atoms with van der Waals surface area (Å²) in [7, 11) is 5.71. The van der Waals surface area contributed by atoms with Crippen molar-refractivity contribution in [1.82, 2.24) is 16.0 Å². The van der Waals surface area contributed by atoms with Crippen molar-refractivity contribution in [3.63, 3.8) is 0 Å². The lowest BCUT2D eigenvalue weighted by molar-refractivity contribution is 0.0963. The van der Waals surface area contributed by atoms with Gasteiger partial charge in [0, 0.05) is 45.5 Å². The standard InChI is InChI=1S/C22H31N5O.HI/c1-5-24-22(26-16-18-9-11-20(12-10-18)27(3)4)25-14-13-17-7-6-8-19(15-17)21(28)23-2;/h6-12,15H,5,13-14,16H2,1-4H3,(H,23,28)(H2,24,25,26);1H. The Balaban J connectivity index is 0.00000420. The van der Waals surface area contributed by atoms with Crippen molar-refractivity contribution in [3.05, 3.63) is 65.2 Å². The topological polar surface area (TPSA) is 68.8 Å². The molecule has 0 unspecified atom stereocenters. The fourth-order valence-corrected chi connectivity index (χ4v) is 2.75. The van der Waals surface area contributed by atoms with Gasteiger partial charge in [-0.1, -0.05) is 24.3 Å². The molecule has 0 fully saturated rings. The minimum Gasteiger partial charge on any atom is -0.378 e. The first-order chi connectivity index (χ1) is 13.5. The van der Waals surface area contributed by atoms with Crippen LogP contribution in [-0.2, 0) is 13.0 Å². The van der Waals surface area contributed by atoms with Gasteiger partial charge in [-0.15, -0.1) is 24.0 Å². The van der Waals surface area contributed by atoms with Crippen molar-refractivity contribution in [2.75, 3.05) is 39.1 Å². The largest absolute Gasteiger partial charge is 0.378 e. The van der Waals surface area contributed by atoms with Crippen molar-refractivity contribution >= 4 is 41.5 Å². The summed E-state index contributed by atoms with van der Waals surface area (Å²) < 4.78 is 0. The first kappa shape index (κ1) is 24.7. The zero-order valence-corrected chi connectivity index (χ0v) is 20.0. The summed E-state index contributed by atoms with van der Waals surface area (Å²) in [6.45, 7) is 4.21. The molecule has 0 heterocycles. The molecule has 0 saturated heterocycles. The molecule has 158 valence electrons. The predicted molar refractivity (Wildman–Crippen MR) is 133 cm³/mol. The molecule has 1 amide bonds. The quantitative estimate of drug-likeness (QED) is 0.291. The van der Waals surface area contributed by atoms with E-state index in [1.807, 2.05) is 38.4 Å². The molecule has 0 bridgehead atoms. The Morgan fingerprint density at radius 3 is 2.38 bits per heavy atom. The van der Waals surface area contributed by atoms with Crippen molar-refractivity contribution in [3.8, 4) is 0 Å². The maximum Gasteiger partial charge on any atom is 0.251 e. The lowest BCUT2D eigenvalue weighted by atomic mass is 10.1. The summed E-state index contributed by atoms with van der Waals surface area (Å²) >= 11 is 0. The smallest absolute Gasteiger partial charge is 0.251 e. The second kappa shape index (κ2) is 13.0. The van der Waals surface area contributed by atoms with Crippen molar-refractivity contribution in [1.29, 1.82) is 0 Å². The third-order valence-corrected chi connectivity index (χ3v) is 4.34. The molecule has 3 N–H and O–H groups in total. The molecule has 0 aliphatic heterocycles. The van der Waals surface area contributed by atoms with Gasteiger partial charge in [-0.3, -0.25) is 4.79 Å². The van der Waals surface area contributed by atoms with Crippen LogP contribution in [0.3, 0.4) is 0 Å². The van der Waals surface area contributed by atoms with Crippen LogP contribution in [-0.4, -0.2) is 46.1 Å². The van der Waals surface area contributed by atoms with Crippen LogP contribution in [0.5, 0.6) is 0 Å². The van der Waals surface area contributed by atoms with Crippen LogP contribution >= 0.6 is 24.0 Å². The molecule has 0 aliphatic rings. The van der Waals surface area contributed by atoms with Crippen LogP contribution in [0.1, 0.15) is 28.4 Å². The number of halogens is 1. The number of hydrogen-bond donors (Lipinski definition) is 3. The molecule has 6 nitrogen and oxygen atoms in total. The molecule has 0 spiro atoms. The molecule has 0 aliphatic carbocycles. The SMILES string of the molecule is CCNC(=NCc1ccc(N(C)C)cc1)NCCc1cccc(C(=O)NC)c1.I. The molecule has 0 radical (unpaired) electrons. The van der Waals surface area contributed by atoms with E-state index in [9.17, 15) is 4.79 Å². The average molecular weight is 509 g/mol. The summed E-state index contributed by atoms with van der Waals surface area (Å²) in [6, 6.07) is 16.1. The van der Waals surface area contributed by atoms with Gasteiger partial charge in [0.05, 0.1) is 6.54 Å². The second-order valence-corrected chi connectivity index (χ2v) is 6.71. The number of hydrogen-bond acceptors (Lipinski definition) is 3. The molecule has 7 heteroatoms. The number of guanidine groups is 1. The Hall–Kier alpha value is -2.29. The molecule has 0 atom stereocenters. The van der Waals surface area contributed by atoms with Crippen molar-refractivity contribution < 1.29 is 4.79 Å². The number of aliphatic imine (C=N–C) groups is 1. The number of anilines is 1. The van der Waals surface area contributed by atoms with E-state index in [1.165, 1.54) is 11.3 Å². The molecule has 29 heavy (non-hydrogen) atoms. The van der Waals surface area contributed by atoms with E-state index >= 15 is 0 Å². The van der Waals surface area contributed by atoms with Crippen molar-refractivity contribution in [2.24, 2.45) is 4.99 Å². The third-order valence-electron chi connectivity index (χ3n) is 4.34. The van der Waals surface area contributed by atoms with E-state index < -0.39 is 0 Å². The van der Waals surface area contributed by atoms with Gasteiger partial charge in [-0.25, -0.2) is 4.99 Å². The van der Waals surface area contributed by atoms with Crippen LogP contribution in [0.2, 0.25) is 0 Å². The predicted octanol–water partition coefficient (Wildman–Crippen LogP) is 3.03. The minimum atomic E-state index is -0.0648. The number of amides is 1. The fraction of sp³-hybridized carbons (Fsp3) is 0.364. The highest BCUT2D eigenvalue weighted by molar-refractivity contribution is 14.0. The first-order valence-electron chi connectivity index (χ1n) is 9.63. The monoisotopic (exact) mass is 509 g/mol. The Labute approximate surface area is 191 Å². The second-order valence-electron chi connectivity index (χ2n) is 6.71. The normalized spacial score (nSPS) is 10.7. The lowest BCUT2D eigenvalue weighted by Gasteiger charge is -2.13. The van der Waals surface area contributed by atoms with E-state index in [0.29, 0.717) is 12.1 Å². The maximum absolute atomic E-state index is 11.8. The number of benzene rings is 2. The van der Waals surface area contributed by atoms with Crippen LogP contribution in [0.15, 0.2) is 53.5 Å². The summed E-state index contributed by atoms with van der Waals surface area (Å²) in [5, 5.41) is 9.29. The summed E-state index contributed by atoms with van der Waals surface area (Å²) in [5.74, 6) is 0.728.